The number of hydrogen-bond acceptors (Lipinski definition) is 4. The van der Waals surface area contributed by atoms with E-state index < -0.39 is 5.92 Å². The first-order valence-electron chi connectivity index (χ1n) is 11.6. The minimum atomic E-state index is -0.470. The molecule has 2 aromatic heterocycles. The largest absolute Gasteiger partial charge is 0.496 e. The molecule has 0 radical (unpaired) electrons. The van der Waals surface area contributed by atoms with Crippen LogP contribution in [0, 0.1) is 5.82 Å². The van der Waals surface area contributed by atoms with Gasteiger partial charge in [-0.2, -0.15) is 0 Å². The highest BCUT2D eigenvalue weighted by Gasteiger charge is 2.23. The van der Waals surface area contributed by atoms with E-state index in [1.165, 1.54) is 12.1 Å². The Kier molecular flexibility index (Phi) is 6.67. The topological polar surface area (TPSA) is 64.1 Å². The molecule has 0 aliphatic heterocycles. The molecule has 0 fully saturated rings. The maximum atomic E-state index is 14.0. The van der Waals surface area contributed by atoms with Crippen molar-refractivity contribution in [2.45, 2.75) is 12.3 Å². The lowest BCUT2D eigenvalue weighted by molar-refractivity contribution is -0.117. The number of aromatic nitrogens is 2. The number of fused-ring (bicyclic) bond motifs is 1. The molecule has 36 heavy (non-hydrogen) atoms. The fraction of sp³-hybridized carbons (Fsp3) is 0.100. The summed E-state index contributed by atoms with van der Waals surface area (Å²) in [5.41, 5.74) is 4.95. The van der Waals surface area contributed by atoms with E-state index in [0.717, 1.165) is 38.9 Å². The van der Waals surface area contributed by atoms with E-state index in [0.29, 0.717) is 12.1 Å². The molecule has 0 unspecified atom stereocenters. The van der Waals surface area contributed by atoms with Gasteiger partial charge >= 0.3 is 0 Å². The highest BCUT2D eigenvalue weighted by atomic mass is 19.1. The van der Waals surface area contributed by atoms with Crippen molar-refractivity contribution in [2.24, 2.45) is 0 Å². The summed E-state index contributed by atoms with van der Waals surface area (Å²) in [5.74, 6) is -0.184. The van der Waals surface area contributed by atoms with Crippen molar-refractivity contribution >= 4 is 22.5 Å². The third-order valence-electron chi connectivity index (χ3n) is 6.19. The first kappa shape index (κ1) is 23.2. The van der Waals surface area contributed by atoms with Gasteiger partial charge in [-0.05, 0) is 71.1 Å². The number of carbonyl (C=O) groups is 1. The van der Waals surface area contributed by atoms with Gasteiger partial charge in [-0.1, -0.05) is 42.5 Å². The molecule has 1 amide bonds. The lowest BCUT2D eigenvalue weighted by atomic mass is 9.89. The monoisotopic (exact) mass is 477 g/mol. The van der Waals surface area contributed by atoms with Gasteiger partial charge in [0.2, 0.25) is 5.91 Å². The number of para-hydroxylation sites is 1. The van der Waals surface area contributed by atoms with Crippen molar-refractivity contribution in [1.29, 1.82) is 0 Å². The van der Waals surface area contributed by atoms with Crippen molar-refractivity contribution in [2.75, 3.05) is 12.4 Å². The molecule has 1 N–H and O–H groups in total. The molecule has 2 heterocycles. The molecule has 3 aromatic carbocycles. The predicted octanol–water partition coefficient (Wildman–Crippen LogP) is 6.41. The number of nitrogens with zero attached hydrogens (tertiary/aromatic N) is 2. The summed E-state index contributed by atoms with van der Waals surface area (Å²) in [5, 5.41) is 3.72. The highest BCUT2D eigenvalue weighted by molar-refractivity contribution is 5.97. The molecule has 0 aliphatic rings. The van der Waals surface area contributed by atoms with Gasteiger partial charge in [0, 0.05) is 17.8 Å². The second-order valence-corrected chi connectivity index (χ2v) is 8.44. The average molecular weight is 478 g/mol. The van der Waals surface area contributed by atoms with Crippen LogP contribution in [0.15, 0.2) is 104 Å². The third-order valence-corrected chi connectivity index (χ3v) is 6.19. The van der Waals surface area contributed by atoms with Crippen LogP contribution < -0.4 is 10.1 Å². The Balaban J connectivity index is 1.50. The fourth-order valence-corrected chi connectivity index (χ4v) is 4.38. The van der Waals surface area contributed by atoms with Gasteiger partial charge in [0.15, 0.2) is 0 Å². The first-order chi connectivity index (χ1) is 17.6. The fourth-order valence-electron chi connectivity index (χ4n) is 4.38. The maximum Gasteiger partial charge on any atom is 0.232 e. The normalized spacial score (nSPS) is 11.7. The quantitative estimate of drug-likeness (QED) is 0.294. The SMILES string of the molecule is COc1ccccc1C[C@@H](C(=O)Nc1cccnc1)c1ccc(-c2ccnc3ccc(F)cc23)cc1. The Hall–Kier alpha value is -4.58. The van der Waals surface area contributed by atoms with E-state index in [-0.39, 0.29) is 11.7 Å². The van der Waals surface area contributed by atoms with E-state index in [1.807, 2.05) is 60.7 Å². The Morgan fingerprint density at radius 2 is 1.81 bits per heavy atom. The van der Waals surface area contributed by atoms with Gasteiger partial charge in [-0.3, -0.25) is 14.8 Å². The molecule has 1 atom stereocenters. The van der Waals surface area contributed by atoms with Crippen LogP contribution in [-0.2, 0) is 11.2 Å². The summed E-state index contributed by atoms with van der Waals surface area (Å²) < 4.78 is 19.5. The molecule has 6 heteroatoms. The third kappa shape index (κ3) is 4.93. The molecule has 0 aliphatic carbocycles. The van der Waals surface area contributed by atoms with E-state index in [2.05, 4.69) is 15.3 Å². The lowest BCUT2D eigenvalue weighted by Crippen LogP contribution is -2.23. The number of halogens is 1. The number of ether oxygens (including phenoxy) is 1. The summed E-state index contributed by atoms with van der Waals surface area (Å²) in [4.78, 5) is 21.9. The number of rotatable bonds is 7. The standard InChI is InChI=1S/C30H24FN3O2/c1-36-29-7-3-2-5-22(29)17-26(30(35)34-24-6-4-15-32-19-24)21-10-8-20(9-11-21)25-14-16-33-28-13-12-23(31)18-27(25)28/h2-16,18-19,26H,17H2,1H3,(H,34,35)/t26-/m1/s1. The van der Waals surface area contributed by atoms with Crippen LogP contribution in [-0.4, -0.2) is 23.0 Å². The molecule has 0 spiro atoms. The Morgan fingerprint density at radius 3 is 2.58 bits per heavy atom. The first-order valence-corrected chi connectivity index (χ1v) is 11.6. The number of benzene rings is 3. The Labute approximate surface area is 208 Å². The van der Waals surface area contributed by atoms with Gasteiger partial charge < -0.3 is 10.1 Å². The molecular weight excluding hydrogens is 453 g/mol. The van der Waals surface area contributed by atoms with Crippen LogP contribution in [0.1, 0.15) is 17.0 Å². The van der Waals surface area contributed by atoms with Crippen LogP contribution in [0.5, 0.6) is 5.75 Å². The molecule has 5 rings (SSSR count). The summed E-state index contributed by atoms with van der Waals surface area (Å²) in [7, 11) is 1.63. The summed E-state index contributed by atoms with van der Waals surface area (Å²) in [6.07, 6.45) is 5.46. The van der Waals surface area contributed by atoms with Gasteiger partial charge in [-0.15, -0.1) is 0 Å². The van der Waals surface area contributed by atoms with Crippen LogP contribution in [0.25, 0.3) is 22.0 Å². The van der Waals surface area contributed by atoms with Crippen molar-refractivity contribution in [3.05, 3.63) is 120 Å². The average Bonchev–Trinajstić information content (AvgIpc) is 2.92. The van der Waals surface area contributed by atoms with E-state index >= 15 is 0 Å². The molecule has 178 valence electrons. The summed E-state index contributed by atoms with van der Waals surface area (Å²) in [6, 6.07) is 25.6. The second kappa shape index (κ2) is 10.4. The highest BCUT2D eigenvalue weighted by Crippen LogP contribution is 2.32. The van der Waals surface area contributed by atoms with Gasteiger partial charge in [0.1, 0.15) is 11.6 Å². The zero-order valence-corrected chi connectivity index (χ0v) is 19.7. The lowest BCUT2D eigenvalue weighted by Gasteiger charge is -2.19. The summed E-state index contributed by atoms with van der Waals surface area (Å²) >= 11 is 0. The molecule has 0 saturated heterocycles. The van der Waals surface area contributed by atoms with E-state index in [1.54, 1.807) is 37.8 Å². The van der Waals surface area contributed by atoms with Crippen LogP contribution in [0.3, 0.4) is 0 Å². The van der Waals surface area contributed by atoms with E-state index in [4.69, 9.17) is 4.74 Å². The minimum Gasteiger partial charge on any atom is -0.496 e. The van der Waals surface area contributed by atoms with Crippen LogP contribution in [0.4, 0.5) is 10.1 Å². The van der Waals surface area contributed by atoms with Crippen LogP contribution in [0.2, 0.25) is 0 Å². The number of hydrogen-bond donors (Lipinski definition) is 1. The van der Waals surface area contributed by atoms with Gasteiger partial charge in [0.05, 0.1) is 30.4 Å². The number of pyridine rings is 2. The van der Waals surface area contributed by atoms with Crippen LogP contribution >= 0.6 is 0 Å². The van der Waals surface area contributed by atoms with Crippen molar-refractivity contribution in [3.63, 3.8) is 0 Å². The molecule has 5 aromatic rings. The molecule has 0 bridgehead atoms. The van der Waals surface area contributed by atoms with Crippen molar-refractivity contribution in [3.8, 4) is 16.9 Å². The van der Waals surface area contributed by atoms with Crippen molar-refractivity contribution in [1.82, 2.24) is 9.97 Å². The Morgan fingerprint density at radius 1 is 0.972 bits per heavy atom. The zero-order valence-electron chi connectivity index (χ0n) is 19.7. The minimum absolute atomic E-state index is 0.141. The second-order valence-electron chi connectivity index (χ2n) is 8.44. The predicted molar refractivity (Wildman–Crippen MR) is 139 cm³/mol. The molecule has 5 nitrogen and oxygen atoms in total. The van der Waals surface area contributed by atoms with E-state index in [9.17, 15) is 9.18 Å². The zero-order chi connectivity index (χ0) is 24.9. The van der Waals surface area contributed by atoms with Gasteiger partial charge in [-0.25, -0.2) is 4.39 Å². The molecule has 0 saturated carbocycles. The maximum absolute atomic E-state index is 14.0. The number of methoxy groups -OCH3 is 1. The molecular formula is C30H24FN3O2. The number of anilines is 1. The Bertz CT molecular complexity index is 1500. The number of amides is 1. The smallest absolute Gasteiger partial charge is 0.232 e. The van der Waals surface area contributed by atoms with Crippen molar-refractivity contribution < 1.29 is 13.9 Å². The summed E-state index contributed by atoms with van der Waals surface area (Å²) in [6.45, 7) is 0. The number of carbonyl (C=O) groups excluding carboxylic acids is 1. The van der Waals surface area contributed by atoms with Gasteiger partial charge in [0.25, 0.3) is 0 Å². The number of nitrogens with one attached hydrogen (secondary N) is 1.